The molecular weight excluding hydrogens is 248 g/mol. The predicted octanol–water partition coefficient (Wildman–Crippen LogP) is 2.12. The van der Waals surface area contributed by atoms with Crippen LogP contribution in [-0.2, 0) is 9.53 Å². The van der Waals surface area contributed by atoms with E-state index in [1.807, 2.05) is 25.1 Å². The van der Waals surface area contributed by atoms with Crippen molar-refractivity contribution in [2.45, 2.75) is 13.3 Å². The normalized spacial score (nSPS) is 11.1. The average Bonchev–Trinajstić information content (AvgIpc) is 2.77. The Kier molecular flexibility index (Phi) is 6.12. The van der Waals surface area contributed by atoms with Crippen LogP contribution in [0.15, 0.2) is 17.7 Å². The fourth-order valence-corrected chi connectivity index (χ4v) is 2.16. The van der Waals surface area contributed by atoms with Crippen molar-refractivity contribution >= 4 is 23.3 Å². The molecule has 0 atom stereocenters. The van der Waals surface area contributed by atoms with E-state index in [4.69, 9.17) is 10.00 Å². The number of nitrogens with one attached hydrogen (secondary N) is 1. The van der Waals surface area contributed by atoms with Crippen LogP contribution >= 0.6 is 11.3 Å². The number of rotatable bonds is 6. The zero-order valence-electron chi connectivity index (χ0n) is 10.5. The second kappa shape index (κ2) is 7.64. The molecule has 0 aliphatic rings. The van der Waals surface area contributed by atoms with E-state index in [-0.39, 0.29) is 11.5 Å². The summed E-state index contributed by atoms with van der Waals surface area (Å²) >= 11 is 1.55. The molecule has 0 saturated heterocycles. The van der Waals surface area contributed by atoms with E-state index in [9.17, 15) is 4.79 Å². The third kappa shape index (κ3) is 4.70. The lowest BCUT2D eigenvalue weighted by Crippen LogP contribution is -2.26. The quantitative estimate of drug-likeness (QED) is 0.486. The summed E-state index contributed by atoms with van der Waals surface area (Å²) in [5, 5.41) is 11.7. The number of nitriles is 1. The van der Waals surface area contributed by atoms with Crippen LogP contribution in [0, 0.1) is 18.3 Å². The molecular formula is C13H16N2O2S. The molecule has 1 amide bonds. The van der Waals surface area contributed by atoms with E-state index in [2.05, 4.69) is 5.32 Å². The van der Waals surface area contributed by atoms with Crippen molar-refractivity contribution in [1.82, 2.24) is 5.32 Å². The van der Waals surface area contributed by atoms with Crippen LogP contribution in [0.5, 0.6) is 0 Å². The SMILES string of the molecule is COCCCNC(=O)/C(C#N)=C/c1ccc(C)s1. The number of nitrogens with zero attached hydrogens (tertiary/aromatic N) is 1. The highest BCUT2D eigenvalue weighted by Gasteiger charge is 2.08. The van der Waals surface area contributed by atoms with E-state index in [0.29, 0.717) is 13.2 Å². The Morgan fingerprint density at radius 1 is 1.61 bits per heavy atom. The molecule has 0 spiro atoms. The molecule has 1 aromatic rings. The summed E-state index contributed by atoms with van der Waals surface area (Å²) in [6.45, 7) is 3.09. The maximum absolute atomic E-state index is 11.7. The summed E-state index contributed by atoms with van der Waals surface area (Å²) < 4.78 is 4.88. The van der Waals surface area contributed by atoms with Crippen LogP contribution in [-0.4, -0.2) is 26.2 Å². The highest BCUT2D eigenvalue weighted by molar-refractivity contribution is 7.12. The van der Waals surface area contributed by atoms with Crippen molar-refractivity contribution in [3.63, 3.8) is 0 Å². The zero-order valence-corrected chi connectivity index (χ0v) is 11.3. The smallest absolute Gasteiger partial charge is 0.261 e. The molecule has 0 radical (unpaired) electrons. The predicted molar refractivity (Wildman–Crippen MR) is 72.1 cm³/mol. The number of hydrogen-bond acceptors (Lipinski definition) is 4. The van der Waals surface area contributed by atoms with Gasteiger partial charge in [-0.05, 0) is 31.6 Å². The Balaban J connectivity index is 2.58. The lowest BCUT2D eigenvalue weighted by atomic mass is 10.2. The number of thiophene rings is 1. The minimum atomic E-state index is -0.334. The third-order valence-corrected chi connectivity index (χ3v) is 3.17. The number of amides is 1. The van der Waals surface area contributed by atoms with Crippen LogP contribution in [0.1, 0.15) is 16.2 Å². The van der Waals surface area contributed by atoms with E-state index in [0.717, 1.165) is 16.2 Å². The van der Waals surface area contributed by atoms with Crippen molar-refractivity contribution in [2.24, 2.45) is 0 Å². The van der Waals surface area contributed by atoms with Crippen molar-refractivity contribution < 1.29 is 9.53 Å². The molecule has 1 N–H and O–H groups in total. The molecule has 0 aromatic carbocycles. The van der Waals surface area contributed by atoms with Gasteiger partial charge in [0.2, 0.25) is 0 Å². The van der Waals surface area contributed by atoms with E-state index in [1.165, 1.54) is 0 Å². The number of carbonyl (C=O) groups excluding carboxylic acids is 1. The van der Waals surface area contributed by atoms with E-state index in [1.54, 1.807) is 24.5 Å². The van der Waals surface area contributed by atoms with Gasteiger partial charge in [0.05, 0.1) is 0 Å². The fraction of sp³-hybridized carbons (Fsp3) is 0.385. The van der Waals surface area contributed by atoms with Gasteiger partial charge in [-0.15, -0.1) is 11.3 Å². The molecule has 18 heavy (non-hydrogen) atoms. The minimum Gasteiger partial charge on any atom is -0.385 e. The molecule has 1 aromatic heterocycles. The van der Waals surface area contributed by atoms with Crippen LogP contribution in [0.25, 0.3) is 6.08 Å². The standard InChI is InChI=1S/C13H16N2O2S/c1-10-4-5-12(18-10)8-11(9-14)13(16)15-6-3-7-17-2/h4-5,8H,3,6-7H2,1-2H3,(H,15,16)/b11-8+. The van der Waals surface area contributed by atoms with Gasteiger partial charge in [-0.25, -0.2) is 0 Å². The summed E-state index contributed by atoms with van der Waals surface area (Å²) in [5.41, 5.74) is 0.134. The maximum atomic E-state index is 11.7. The van der Waals surface area contributed by atoms with Gasteiger partial charge >= 0.3 is 0 Å². The first-order valence-corrected chi connectivity index (χ1v) is 6.44. The maximum Gasteiger partial charge on any atom is 0.261 e. The minimum absolute atomic E-state index is 0.134. The lowest BCUT2D eigenvalue weighted by Gasteiger charge is -2.03. The first-order valence-electron chi connectivity index (χ1n) is 5.62. The Hall–Kier alpha value is -1.64. The van der Waals surface area contributed by atoms with Crippen LogP contribution in [0.3, 0.4) is 0 Å². The molecule has 1 heterocycles. The Bertz CT molecular complexity index is 472. The average molecular weight is 264 g/mol. The first-order chi connectivity index (χ1) is 8.67. The molecule has 0 aliphatic carbocycles. The number of ether oxygens (including phenoxy) is 1. The van der Waals surface area contributed by atoms with Crippen molar-refractivity contribution in [2.75, 3.05) is 20.3 Å². The monoisotopic (exact) mass is 264 g/mol. The number of hydrogen-bond donors (Lipinski definition) is 1. The van der Waals surface area contributed by atoms with Gasteiger partial charge in [0.1, 0.15) is 11.6 Å². The highest BCUT2D eigenvalue weighted by atomic mass is 32.1. The third-order valence-electron chi connectivity index (χ3n) is 2.22. The van der Waals surface area contributed by atoms with Gasteiger partial charge in [-0.2, -0.15) is 5.26 Å². The number of carbonyl (C=O) groups is 1. The van der Waals surface area contributed by atoms with Gasteiger partial charge in [0.15, 0.2) is 0 Å². The lowest BCUT2D eigenvalue weighted by molar-refractivity contribution is -0.117. The van der Waals surface area contributed by atoms with Gasteiger partial charge in [0.25, 0.3) is 5.91 Å². The molecule has 0 aliphatic heterocycles. The first kappa shape index (κ1) is 14.4. The van der Waals surface area contributed by atoms with E-state index < -0.39 is 0 Å². The molecule has 4 nitrogen and oxygen atoms in total. The molecule has 0 bridgehead atoms. The van der Waals surface area contributed by atoms with Crippen molar-refractivity contribution in [1.29, 1.82) is 5.26 Å². The second-order valence-electron chi connectivity index (χ2n) is 3.72. The van der Waals surface area contributed by atoms with Crippen molar-refractivity contribution in [3.05, 3.63) is 27.5 Å². The van der Waals surface area contributed by atoms with E-state index >= 15 is 0 Å². The molecule has 0 saturated carbocycles. The highest BCUT2D eigenvalue weighted by Crippen LogP contribution is 2.18. The van der Waals surface area contributed by atoms with Crippen LogP contribution in [0.4, 0.5) is 0 Å². The largest absolute Gasteiger partial charge is 0.385 e. The topological polar surface area (TPSA) is 62.1 Å². The second-order valence-corrected chi connectivity index (χ2v) is 5.04. The summed E-state index contributed by atoms with van der Waals surface area (Å²) in [7, 11) is 1.61. The summed E-state index contributed by atoms with van der Waals surface area (Å²) in [6, 6.07) is 5.78. The van der Waals surface area contributed by atoms with Gasteiger partial charge in [-0.3, -0.25) is 4.79 Å². The number of aryl methyl sites for hydroxylation is 1. The summed E-state index contributed by atoms with van der Waals surface area (Å²) in [6.07, 6.45) is 2.35. The van der Waals surface area contributed by atoms with Crippen molar-refractivity contribution in [3.8, 4) is 6.07 Å². The van der Waals surface area contributed by atoms with Crippen LogP contribution < -0.4 is 5.32 Å². The summed E-state index contributed by atoms with van der Waals surface area (Å²) in [5.74, 6) is -0.334. The zero-order chi connectivity index (χ0) is 13.4. The summed E-state index contributed by atoms with van der Waals surface area (Å²) in [4.78, 5) is 13.8. The van der Waals surface area contributed by atoms with Gasteiger partial charge < -0.3 is 10.1 Å². The molecule has 1 rings (SSSR count). The molecule has 96 valence electrons. The fourth-order valence-electron chi connectivity index (χ4n) is 1.34. The molecule has 0 unspecified atom stereocenters. The Morgan fingerprint density at radius 2 is 2.39 bits per heavy atom. The van der Waals surface area contributed by atoms with Gasteiger partial charge in [-0.1, -0.05) is 0 Å². The molecule has 0 fully saturated rings. The Labute approximate surface area is 111 Å². The van der Waals surface area contributed by atoms with Crippen LogP contribution in [0.2, 0.25) is 0 Å². The number of methoxy groups -OCH3 is 1. The Morgan fingerprint density at radius 3 is 2.94 bits per heavy atom. The molecule has 5 heteroatoms. The van der Waals surface area contributed by atoms with Gasteiger partial charge in [0, 0.05) is 30.0 Å².